The molecule has 1 aromatic heterocycles. The summed E-state index contributed by atoms with van der Waals surface area (Å²) >= 11 is 0. The fraction of sp³-hybridized carbons (Fsp3) is 0.133. The number of ketones is 1. The maximum Gasteiger partial charge on any atom is 0.254 e. The molecule has 0 fully saturated rings. The van der Waals surface area contributed by atoms with Gasteiger partial charge in [0.2, 0.25) is 11.7 Å². The Morgan fingerprint density at radius 2 is 1.91 bits per heavy atom. The molecule has 22 heavy (non-hydrogen) atoms. The molecule has 2 aromatic rings. The largest absolute Gasteiger partial charge is 0.347 e. The van der Waals surface area contributed by atoms with Gasteiger partial charge in [-0.25, -0.2) is 4.98 Å². The topological polar surface area (TPSA) is 98.1 Å². The average Bonchev–Trinajstić information content (AvgIpc) is 2.55. The van der Waals surface area contributed by atoms with Crippen LogP contribution in [0.5, 0.6) is 0 Å². The smallest absolute Gasteiger partial charge is 0.254 e. The van der Waals surface area contributed by atoms with E-state index in [0.29, 0.717) is 11.4 Å². The zero-order valence-electron chi connectivity index (χ0n) is 11.6. The van der Waals surface area contributed by atoms with Gasteiger partial charge in [-0.2, -0.15) is 0 Å². The third-order valence-electron chi connectivity index (χ3n) is 2.86. The molecule has 1 amide bonds. The number of carbonyl (C=O) groups excluding carboxylic acids is 3. The minimum Gasteiger partial charge on any atom is -0.347 e. The molecule has 112 valence electrons. The van der Waals surface area contributed by atoms with Gasteiger partial charge in [-0.05, 0) is 0 Å². The van der Waals surface area contributed by atoms with Gasteiger partial charge in [0.15, 0.2) is 6.29 Å². The highest BCUT2D eigenvalue weighted by atomic mass is 16.2. The molecule has 0 bridgehead atoms. The number of benzene rings is 1. The molecule has 0 aliphatic heterocycles. The number of hydrogen-bond donors (Lipinski definition) is 1. The minimum atomic E-state index is -0.741. The van der Waals surface area contributed by atoms with Crippen LogP contribution in [0, 0.1) is 0 Å². The van der Waals surface area contributed by atoms with Crippen molar-refractivity contribution in [2.75, 3.05) is 6.54 Å². The van der Waals surface area contributed by atoms with Gasteiger partial charge in [-0.3, -0.25) is 23.7 Å². The van der Waals surface area contributed by atoms with Crippen LogP contribution < -0.4 is 10.9 Å². The third kappa shape index (κ3) is 3.72. The molecular formula is C15H13N3O4. The van der Waals surface area contributed by atoms with Crippen LogP contribution in [0.4, 0.5) is 0 Å². The second-order valence-corrected chi connectivity index (χ2v) is 4.42. The van der Waals surface area contributed by atoms with Gasteiger partial charge < -0.3 is 5.32 Å². The molecular weight excluding hydrogens is 286 g/mol. The van der Waals surface area contributed by atoms with Gasteiger partial charge in [0.25, 0.3) is 5.56 Å². The van der Waals surface area contributed by atoms with E-state index in [2.05, 4.69) is 10.3 Å². The lowest BCUT2D eigenvalue weighted by atomic mass is 10.2. The molecule has 0 saturated carbocycles. The zero-order valence-corrected chi connectivity index (χ0v) is 11.6. The van der Waals surface area contributed by atoms with Crippen LogP contribution >= 0.6 is 0 Å². The second kappa shape index (κ2) is 7.07. The van der Waals surface area contributed by atoms with E-state index < -0.39 is 18.2 Å². The lowest BCUT2D eigenvalue weighted by Gasteiger charge is -2.11. The lowest BCUT2D eigenvalue weighted by molar-refractivity contribution is -0.130. The number of nitrogens with zero attached hydrogens (tertiary/aromatic N) is 2. The van der Waals surface area contributed by atoms with Crippen molar-refractivity contribution < 1.29 is 14.4 Å². The van der Waals surface area contributed by atoms with Crippen molar-refractivity contribution in [2.45, 2.75) is 6.54 Å². The normalized spacial score (nSPS) is 10.0. The molecule has 0 saturated heterocycles. The van der Waals surface area contributed by atoms with Crippen LogP contribution in [0.3, 0.4) is 0 Å². The molecule has 7 heteroatoms. The third-order valence-corrected chi connectivity index (χ3v) is 2.86. The molecule has 0 spiro atoms. The minimum absolute atomic E-state index is 0.131. The van der Waals surface area contributed by atoms with Crippen molar-refractivity contribution in [3.05, 3.63) is 52.9 Å². The molecule has 0 aliphatic carbocycles. The van der Waals surface area contributed by atoms with Crippen molar-refractivity contribution in [2.24, 2.45) is 0 Å². The van der Waals surface area contributed by atoms with E-state index in [1.807, 2.05) is 6.07 Å². The van der Waals surface area contributed by atoms with E-state index in [1.165, 1.54) is 16.8 Å². The van der Waals surface area contributed by atoms with Gasteiger partial charge >= 0.3 is 0 Å². The van der Waals surface area contributed by atoms with Gasteiger partial charge in [-0.15, -0.1) is 0 Å². The zero-order chi connectivity index (χ0) is 15.9. The summed E-state index contributed by atoms with van der Waals surface area (Å²) in [5, 5.41) is 2.28. The Labute approximate surface area is 125 Å². The maximum atomic E-state index is 12.0. The van der Waals surface area contributed by atoms with Gasteiger partial charge in [0.1, 0.15) is 12.4 Å². The molecule has 1 N–H and O–H groups in total. The van der Waals surface area contributed by atoms with Crippen LogP contribution in [0.1, 0.15) is 0 Å². The number of aldehydes is 1. The highest BCUT2D eigenvalue weighted by Gasteiger charge is 2.12. The number of Topliss-reactive ketones (excluding diaryl/α,β-unsaturated/α-hetero) is 1. The van der Waals surface area contributed by atoms with E-state index >= 15 is 0 Å². The quantitative estimate of drug-likeness (QED) is 0.588. The Hall–Kier alpha value is -3.09. The molecule has 0 radical (unpaired) electrons. The van der Waals surface area contributed by atoms with Crippen LogP contribution in [0.2, 0.25) is 0 Å². The molecule has 0 atom stereocenters. The van der Waals surface area contributed by atoms with Crippen LogP contribution in [0.15, 0.2) is 47.4 Å². The van der Waals surface area contributed by atoms with Gasteiger partial charge in [0.05, 0.1) is 6.54 Å². The van der Waals surface area contributed by atoms with Crippen molar-refractivity contribution in [1.29, 1.82) is 0 Å². The second-order valence-electron chi connectivity index (χ2n) is 4.42. The summed E-state index contributed by atoms with van der Waals surface area (Å²) in [6.07, 6.45) is 1.50. The molecule has 2 rings (SSSR count). The van der Waals surface area contributed by atoms with Gasteiger partial charge in [-0.1, -0.05) is 30.3 Å². The molecule has 1 aromatic carbocycles. The van der Waals surface area contributed by atoms with Crippen molar-refractivity contribution >= 4 is 18.0 Å². The van der Waals surface area contributed by atoms with E-state index in [9.17, 15) is 19.2 Å². The number of rotatable bonds is 6. The summed E-state index contributed by atoms with van der Waals surface area (Å²) in [5.74, 6) is -0.942. The first-order chi connectivity index (χ1) is 10.6. The Morgan fingerprint density at radius 1 is 1.18 bits per heavy atom. The molecule has 0 aliphatic rings. The number of nitrogens with one attached hydrogen (secondary N) is 1. The van der Waals surface area contributed by atoms with Crippen molar-refractivity contribution in [1.82, 2.24) is 14.9 Å². The summed E-state index contributed by atoms with van der Waals surface area (Å²) in [6.45, 7) is -0.680. The fourth-order valence-electron chi connectivity index (χ4n) is 1.83. The Bertz CT molecular complexity index is 753. The van der Waals surface area contributed by atoms with E-state index in [0.717, 1.165) is 0 Å². The predicted molar refractivity (Wildman–Crippen MR) is 78.0 cm³/mol. The van der Waals surface area contributed by atoms with E-state index in [1.54, 1.807) is 24.3 Å². The highest BCUT2D eigenvalue weighted by Crippen LogP contribution is 2.14. The summed E-state index contributed by atoms with van der Waals surface area (Å²) in [7, 11) is 0. The summed E-state index contributed by atoms with van der Waals surface area (Å²) < 4.78 is 1.20. The standard InChI is InChI=1S/C15H13N3O4/c19-10-12(20)8-17-13(21)9-18-14(22)6-7-16-15(18)11-4-2-1-3-5-11/h1-7,10H,8-9H2,(H,17,21). The highest BCUT2D eigenvalue weighted by molar-refractivity contribution is 6.26. The van der Waals surface area contributed by atoms with Gasteiger partial charge in [0, 0.05) is 17.8 Å². The summed E-state index contributed by atoms with van der Waals surface area (Å²) in [6, 6.07) is 10.2. The first-order valence-corrected chi connectivity index (χ1v) is 6.48. The number of aromatic nitrogens is 2. The SMILES string of the molecule is O=CC(=O)CNC(=O)Cn1c(-c2ccccc2)nccc1=O. The Morgan fingerprint density at radius 3 is 2.59 bits per heavy atom. The first kappa shape index (κ1) is 15.3. The Balaban J connectivity index is 2.24. The van der Waals surface area contributed by atoms with Crippen molar-refractivity contribution in [3.8, 4) is 11.4 Å². The monoisotopic (exact) mass is 299 g/mol. The fourth-order valence-corrected chi connectivity index (χ4v) is 1.83. The Kier molecular flexibility index (Phi) is 4.92. The molecule has 0 unspecified atom stereocenters. The first-order valence-electron chi connectivity index (χ1n) is 6.48. The number of hydrogen-bond acceptors (Lipinski definition) is 5. The maximum absolute atomic E-state index is 12.0. The van der Waals surface area contributed by atoms with E-state index in [4.69, 9.17) is 0 Å². The predicted octanol–water partition coefficient (Wildman–Crippen LogP) is -0.206. The summed E-state index contributed by atoms with van der Waals surface area (Å²) in [5.41, 5.74) is 0.308. The van der Waals surface area contributed by atoms with Crippen molar-refractivity contribution in [3.63, 3.8) is 0 Å². The van der Waals surface area contributed by atoms with E-state index in [-0.39, 0.29) is 18.4 Å². The lowest BCUT2D eigenvalue weighted by Crippen LogP contribution is -2.36. The summed E-state index contributed by atoms with van der Waals surface area (Å²) in [4.78, 5) is 49.0. The number of amides is 1. The van der Waals surface area contributed by atoms with Crippen LogP contribution in [-0.2, 0) is 20.9 Å². The number of carbonyl (C=O) groups is 3. The molecule has 1 heterocycles. The average molecular weight is 299 g/mol. The van der Waals surface area contributed by atoms with Crippen LogP contribution in [-0.4, -0.2) is 34.1 Å². The van der Waals surface area contributed by atoms with Crippen LogP contribution in [0.25, 0.3) is 11.4 Å². The molecule has 7 nitrogen and oxygen atoms in total.